The third-order valence-corrected chi connectivity index (χ3v) is 3.85. The number of rotatable bonds is 5. The number of ketones is 2. The summed E-state index contributed by atoms with van der Waals surface area (Å²) in [6.45, 7) is 5.91. The third-order valence-electron chi connectivity index (χ3n) is 3.85. The number of Topliss-reactive ketones (excluding diaryl/α,β-unsaturated/α-hetero) is 2. The molecule has 0 fully saturated rings. The zero-order chi connectivity index (χ0) is 15.7. The Kier molecular flexibility index (Phi) is 5.02. The molecule has 0 heterocycles. The molecule has 0 radical (unpaired) electrons. The molecular formula is C15H22O5. The number of carbonyl (C=O) groups is 2. The van der Waals surface area contributed by atoms with Gasteiger partial charge in [-0.25, -0.2) is 0 Å². The van der Waals surface area contributed by atoms with E-state index >= 15 is 0 Å². The van der Waals surface area contributed by atoms with Crippen LogP contribution in [0, 0.1) is 0 Å². The van der Waals surface area contributed by atoms with Gasteiger partial charge in [0.25, 0.3) is 0 Å². The highest BCUT2D eigenvalue weighted by molar-refractivity contribution is 6.24. The summed E-state index contributed by atoms with van der Waals surface area (Å²) < 4.78 is 0. The van der Waals surface area contributed by atoms with E-state index in [1.807, 2.05) is 0 Å². The van der Waals surface area contributed by atoms with Gasteiger partial charge in [-0.1, -0.05) is 0 Å². The van der Waals surface area contributed by atoms with E-state index in [1.54, 1.807) is 13.8 Å². The maximum atomic E-state index is 12.2. The minimum absolute atomic E-state index is 0.0521. The average molecular weight is 282 g/mol. The summed E-state index contributed by atoms with van der Waals surface area (Å²) >= 11 is 0. The zero-order valence-electron chi connectivity index (χ0n) is 12.4. The van der Waals surface area contributed by atoms with Crippen molar-refractivity contribution in [1.82, 2.24) is 0 Å². The highest BCUT2D eigenvalue weighted by Crippen LogP contribution is 2.29. The van der Waals surface area contributed by atoms with Gasteiger partial charge >= 0.3 is 0 Å². The van der Waals surface area contributed by atoms with Crippen LogP contribution in [0.5, 0.6) is 0 Å². The van der Waals surface area contributed by atoms with Crippen LogP contribution >= 0.6 is 0 Å². The Bertz CT molecular complexity index is 496. The van der Waals surface area contributed by atoms with Gasteiger partial charge in [0.1, 0.15) is 0 Å². The first kappa shape index (κ1) is 16.8. The summed E-state index contributed by atoms with van der Waals surface area (Å²) in [5.41, 5.74) is -0.293. The third kappa shape index (κ3) is 3.23. The first-order valence-electron chi connectivity index (χ1n) is 6.61. The maximum absolute atomic E-state index is 12.2. The molecule has 3 N–H and O–H groups in total. The Labute approximate surface area is 118 Å². The lowest BCUT2D eigenvalue weighted by Crippen LogP contribution is -2.36. The standard InChI is InChI=1S/C15H22O5/c1-8-9(2)14(19)12(10(3)13(8)18)11(17)7-15(4,20)5-6-16/h11,16-17,20H,5-7H2,1-4H3/t11?,15-/m1/s1. The van der Waals surface area contributed by atoms with Gasteiger partial charge in [-0.3, -0.25) is 9.59 Å². The molecule has 1 rings (SSSR count). The van der Waals surface area contributed by atoms with Gasteiger partial charge in [-0.2, -0.15) is 0 Å². The van der Waals surface area contributed by atoms with E-state index in [4.69, 9.17) is 5.11 Å². The molecule has 0 aromatic carbocycles. The Balaban J connectivity index is 3.07. The van der Waals surface area contributed by atoms with Crippen molar-refractivity contribution in [3.8, 4) is 0 Å². The minimum Gasteiger partial charge on any atom is -0.396 e. The van der Waals surface area contributed by atoms with E-state index in [9.17, 15) is 19.8 Å². The van der Waals surface area contributed by atoms with Crippen LogP contribution in [0.15, 0.2) is 22.3 Å². The van der Waals surface area contributed by atoms with E-state index in [0.29, 0.717) is 11.1 Å². The summed E-state index contributed by atoms with van der Waals surface area (Å²) in [7, 11) is 0. The molecule has 0 saturated carbocycles. The highest BCUT2D eigenvalue weighted by atomic mass is 16.3. The van der Waals surface area contributed by atoms with Crippen molar-refractivity contribution >= 4 is 11.6 Å². The summed E-state index contributed by atoms with van der Waals surface area (Å²) in [5.74, 6) is -0.607. The molecule has 1 unspecified atom stereocenters. The number of hydrogen-bond donors (Lipinski definition) is 3. The quantitative estimate of drug-likeness (QED) is 0.644. The van der Waals surface area contributed by atoms with Crippen LogP contribution in [-0.4, -0.2) is 45.2 Å². The fraction of sp³-hybridized carbons (Fsp3) is 0.600. The van der Waals surface area contributed by atoms with Crippen LogP contribution < -0.4 is 0 Å². The lowest BCUT2D eigenvalue weighted by atomic mass is 9.80. The molecule has 1 aliphatic rings. The van der Waals surface area contributed by atoms with Gasteiger partial charge in [0.15, 0.2) is 11.6 Å². The second-order valence-corrected chi connectivity index (χ2v) is 5.64. The Morgan fingerprint density at radius 1 is 1.05 bits per heavy atom. The van der Waals surface area contributed by atoms with Gasteiger partial charge < -0.3 is 15.3 Å². The van der Waals surface area contributed by atoms with Gasteiger partial charge in [0.05, 0.1) is 11.7 Å². The zero-order valence-corrected chi connectivity index (χ0v) is 12.4. The minimum atomic E-state index is -1.30. The fourth-order valence-corrected chi connectivity index (χ4v) is 2.38. The summed E-state index contributed by atoms with van der Waals surface area (Å²) in [6, 6.07) is 0. The molecule has 5 nitrogen and oxygen atoms in total. The average Bonchev–Trinajstić information content (AvgIpc) is 2.33. The summed E-state index contributed by atoms with van der Waals surface area (Å²) in [6.07, 6.45) is -1.24. The number of allylic oxidation sites excluding steroid dienone is 3. The first-order valence-corrected chi connectivity index (χ1v) is 6.61. The predicted molar refractivity (Wildman–Crippen MR) is 74.0 cm³/mol. The normalized spacial score (nSPS) is 21.4. The van der Waals surface area contributed by atoms with Crippen molar-refractivity contribution in [1.29, 1.82) is 0 Å². The fourth-order valence-electron chi connectivity index (χ4n) is 2.38. The molecule has 5 heteroatoms. The van der Waals surface area contributed by atoms with Gasteiger partial charge in [-0.15, -0.1) is 0 Å². The highest BCUT2D eigenvalue weighted by Gasteiger charge is 2.35. The van der Waals surface area contributed by atoms with Crippen molar-refractivity contribution in [2.75, 3.05) is 6.61 Å². The van der Waals surface area contributed by atoms with E-state index < -0.39 is 11.7 Å². The van der Waals surface area contributed by atoms with Crippen molar-refractivity contribution in [2.24, 2.45) is 0 Å². The molecule has 0 aromatic heterocycles. The van der Waals surface area contributed by atoms with Gasteiger partial charge in [-0.05, 0) is 34.1 Å². The van der Waals surface area contributed by atoms with Crippen LogP contribution in [0.1, 0.15) is 40.5 Å². The molecular weight excluding hydrogens is 260 g/mol. The number of aliphatic hydroxyl groups is 3. The number of aliphatic hydroxyl groups excluding tert-OH is 2. The van der Waals surface area contributed by atoms with Crippen molar-refractivity contribution in [3.05, 3.63) is 22.3 Å². The lowest BCUT2D eigenvalue weighted by molar-refractivity contribution is -0.117. The summed E-state index contributed by atoms with van der Waals surface area (Å²) in [5, 5.41) is 29.1. The maximum Gasteiger partial charge on any atom is 0.188 e. The largest absolute Gasteiger partial charge is 0.396 e. The summed E-state index contributed by atoms with van der Waals surface area (Å²) in [4.78, 5) is 24.2. The monoisotopic (exact) mass is 282 g/mol. The van der Waals surface area contributed by atoms with Crippen LogP contribution in [0.25, 0.3) is 0 Å². The van der Waals surface area contributed by atoms with Crippen LogP contribution in [0.3, 0.4) is 0 Å². The molecule has 2 atom stereocenters. The Hall–Kier alpha value is -1.30. The Morgan fingerprint density at radius 2 is 1.55 bits per heavy atom. The van der Waals surface area contributed by atoms with Crippen LogP contribution in [-0.2, 0) is 9.59 Å². The van der Waals surface area contributed by atoms with E-state index in [0.717, 1.165) is 0 Å². The molecule has 0 amide bonds. The SMILES string of the molecule is CC1=C(C)C(=O)C(C(O)C[C@](C)(O)CCO)=C(C)C1=O. The van der Waals surface area contributed by atoms with Crippen molar-refractivity contribution < 1.29 is 24.9 Å². The molecule has 0 spiro atoms. The van der Waals surface area contributed by atoms with Crippen molar-refractivity contribution in [2.45, 2.75) is 52.2 Å². The van der Waals surface area contributed by atoms with Crippen LogP contribution in [0.4, 0.5) is 0 Å². The molecule has 0 saturated heterocycles. The molecule has 20 heavy (non-hydrogen) atoms. The predicted octanol–water partition coefficient (Wildman–Crippen LogP) is 0.675. The van der Waals surface area contributed by atoms with E-state index in [1.165, 1.54) is 13.8 Å². The van der Waals surface area contributed by atoms with Crippen LogP contribution in [0.2, 0.25) is 0 Å². The molecule has 0 bridgehead atoms. The van der Waals surface area contributed by atoms with Gasteiger partial charge in [0, 0.05) is 35.3 Å². The lowest BCUT2D eigenvalue weighted by Gasteiger charge is -2.28. The Morgan fingerprint density at radius 3 is 2.05 bits per heavy atom. The smallest absolute Gasteiger partial charge is 0.188 e. The molecule has 0 aromatic rings. The molecule has 112 valence electrons. The van der Waals surface area contributed by atoms with Crippen molar-refractivity contribution in [3.63, 3.8) is 0 Å². The molecule has 0 aliphatic heterocycles. The van der Waals surface area contributed by atoms with E-state index in [2.05, 4.69) is 0 Å². The number of hydrogen-bond acceptors (Lipinski definition) is 5. The van der Waals surface area contributed by atoms with Gasteiger partial charge in [0.2, 0.25) is 0 Å². The molecule has 1 aliphatic carbocycles. The van der Waals surface area contributed by atoms with E-state index in [-0.39, 0.29) is 42.2 Å². The number of carbonyl (C=O) groups excluding carboxylic acids is 2. The second-order valence-electron chi connectivity index (χ2n) is 5.64. The first-order chi connectivity index (χ1) is 9.12. The topological polar surface area (TPSA) is 94.8 Å². The second kappa shape index (κ2) is 5.99.